The van der Waals surface area contributed by atoms with Crippen LogP contribution >= 0.6 is 0 Å². The maximum absolute atomic E-state index is 12.4. The van der Waals surface area contributed by atoms with Gasteiger partial charge in [-0.15, -0.1) is 0 Å². The molecule has 2 atom stereocenters. The number of nitrogens with one attached hydrogen (secondary N) is 1. The van der Waals surface area contributed by atoms with E-state index in [1.807, 2.05) is 6.08 Å². The molecule has 0 bridgehead atoms. The van der Waals surface area contributed by atoms with E-state index in [9.17, 15) is 15.0 Å². The van der Waals surface area contributed by atoms with E-state index in [0.29, 0.717) is 6.42 Å². The van der Waals surface area contributed by atoms with Gasteiger partial charge in [-0.3, -0.25) is 4.79 Å². The number of amides is 1. The monoisotopic (exact) mass is 772 g/mol. The topological polar surface area (TPSA) is 69.6 Å². The zero-order valence-electron chi connectivity index (χ0n) is 37.2. The van der Waals surface area contributed by atoms with Crippen molar-refractivity contribution in [3.63, 3.8) is 0 Å². The molecule has 0 rings (SSSR count). The van der Waals surface area contributed by atoms with Crippen LogP contribution in [0.15, 0.2) is 36.5 Å². The molecule has 0 aliphatic carbocycles. The Morgan fingerprint density at radius 3 is 1.09 bits per heavy atom. The first-order valence-corrected chi connectivity index (χ1v) is 24.7. The highest BCUT2D eigenvalue weighted by molar-refractivity contribution is 5.76. The van der Waals surface area contributed by atoms with Gasteiger partial charge >= 0.3 is 0 Å². The third-order valence-corrected chi connectivity index (χ3v) is 11.4. The van der Waals surface area contributed by atoms with Gasteiger partial charge in [0, 0.05) is 6.42 Å². The molecular weight excluding hydrogens is 675 g/mol. The van der Waals surface area contributed by atoms with Crippen molar-refractivity contribution >= 4 is 5.91 Å². The van der Waals surface area contributed by atoms with Gasteiger partial charge in [-0.2, -0.15) is 0 Å². The lowest BCUT2D eigenvalue weighted by Gasteiger charge is -2.20. The normalized spacial score (nSPS) is 13.2. The molecule has 0 aromatic heterocycles. The summed E-state index contributed by atoms with van der Waals surface area (Å²) >= 11 is 0. The molecule has 0 aliphatic rings. The molecule has 0 fully saturated rings. The van der Waals surface area contributed by atoms with E-state index in [1.54, 1.807) is 6.08 Å². The predicted molar refractivity (Wildman–Crippen MR) is 244 cm³/mol. The zero-order chi connectivity index (χ0) is 40.0. The Hall–Kier alpha value is -1.39. The van der Waals surface area contributed by atoms with Gasteiger partial charge in [0.1, 0.15) is 0 Å². The minimum Gasteiger partial charge on any atom is -0.394 e. The second kappa shape index (κ2) is 47.0. The van der Waals surface area contributed by atoms with Crippen molar-refractivity contribution in [1.82, 2.24) is 5.32 Å². The molecule has 2 unspecified atom stereocenters. The van der Waals surface area contributed by atoms with Crippen LogP contribution in [0.1, 0.15) is 264 Å². The van der Waals surface area contributed by atoms with E-state index >= 15 is 0 Å². The van der Waals surface area contributed by atoms with Crippen molar-refractivity contribution < 1.29 is 15.0 Å². The minimum atomic E-state index is -0.839. The number of aliphatic hydroxyl groups excluding tert-OH is 2. The first-order chi connectivity index (χ1) is 27.2. The Morgan fingerprint density at radius 1 is 0.436 bits per heavy atom. The summed E-state index contributed by atoms with van der Waals surface area (Å²) in [6.45, 7) is 4.32. The first kappa shape index (κ1) is 53.6. The Morgan fingerprint density at radius 2 is 0.745 bits per heavy atom. The Balaban J connectivity index is 3.53. The molecule has 0 saturated carbocycles. The number of carbonyl (C=O) groups is 1. The smallest absolute Gasteiger partial charge is 0.220 e. The molecule has 0 spiro atoms. The van der Waals surface area contributed by atoms with Crippen molar-refractivity contribution in [3.8, 4) is 0 Å². The number of hydrogen-bond acceptors (Lipinski definition) is 3. The quantitative estimate of drug-likeness (QED) is 0.0426. The van der Waals surface area contributed by atoms with Gasteiger partial charge < -0.3 is 15.5 Å². The highest BCUT2D eigenvalue weighted by atomic mass is 16.3. The van der Waals surface area contributed by atoms with Crippen LogP contribution in [-0.4, -0.2) is 34.9 Å². The third-order valence-electron chi connectivity index (χ3n) is 11.4. The first-order valence-electron chi connectivity index (χ1n) is 24.7. The minimum absolute atomic E-state index is 0.0641. The lowest BCUT2D eigenvalue weighted by atomic mass is 10.0. The van der Waals surface area contributed by atoms with Crippen LogP contribution in [-0.2, 0) is 4.79 Å². The summed E-state index contributed by atoms with van der Waals surface area (Å²) in [6.07, 6.45) is 62.7. The summed E-state index contributed by atoms with van der Waals surface area (Å²) in [6, 6.07) is -0.623. The Kier molecular flexibility index (Phi) is 45.8. The third kappa shape index (κ3) is 43.6. The molecule has 55 heavy (non-hydrogen) atoms. The van der Waals surface area contributed by atoms with Gasteiger partial charge in [-0.1, -0.05) is 243 Å². The van der Waals surface area contributed by atoms with Gasteiger partial charge in [0.05, 0.1) is 18.8 Å². The molecule has 1 amide bonds. The molecular formula is C51H97NO3. The average molecular weight is 772 g/mol. The fraction of sp³-hybridized carbons (Fsp3) is 0.863. The standard InChI is InChI=1S/C51H97NO3/c1-3-5-7-9-11-13-15-17-19-21-23-25-26-27-29-31-33-35-37-39-41-43-45-47-51(55)52-49(48-53)50(54)46-44-42-40-38-36-34-32-30-28-24-22-20-18-16-14-12-10-8-6-4-2/h15,17,21,23,44,46,49-50,53-54H,3-14,16,18-20,22,24-43,45,47-48H2,1-2H3,(H,52,55)/b17-15-,23-21-,46-44+. The second-order valence-corrected chi connectivity index (χ2v) is 16.9. The average Bonchev–Trinajstić information content (AvgIpc) is 3.19. The summed E-state index contributed by atoms with van der Waals surface area (Å²) in [5.41, 5.74) is 0. The van der Waals surface area contributed by atoms with Gasteiger partial charge in [0.2, 0.25) is 5.91 Å². The van der Waals surface area contributed by atoms with Crippen LogP contribution in [0.4, 0.5) is 0 Å². The van der Waals surface area contributed by atoms with Crippen LogP contribution in [0.2, 0.25) is 0 Å². The van der Waals surface area contributed by atoms with Gasteiger partial charge in [-0.25, -0.2) is 0 Å². The van der Waals surface area contributed by atoms with E-state index in [0.717, 1.165) is 32.1 Å². The van der Waals surface area contributed by atoms with Crippen LogP contribution in [0.3, 0.4) is 0 Å². The molecule has 0 heterocycles. The lowest BCUT2D eigenvalue weighted by molar-refractivity contribution is -0.123. The number of allylic oxidation sites excluding steroid dienone is 5. The predicted octanol–water partition coefficient (Wildman–Crippen LogP) is 15.7. The van der Waals surface area contributed by atoms with Crippen molar-refractivity contribution in [2.75, 3.05) is 6.61 Å². The van der Waals surface area contributed by atoms with Gasteiger partial charge in [0.15, 0.2) is 0 Å². The van der Waals surface area contributed by atoms with Crippen LogP contribution in [0.25, 0.3) is 0 Å². The SMILES string of the molecule is CCCCCCC/C=C\C/C=C\CCCCCCCCCCCCCC(=O)NC(CO)C(O)/C=C/CCCCCCCCCCCCCCCCCCCC. The van der Waals surface area contributed by atoms with E-state index < -0.39 is 12.1 Å². The van der Waals surface area contributed by atoms with E-state index in [2.05, 4.69) is 43.5 Å². The fourth-order valence-electron chi connectivity index (χ4n) is 7.56. The molecule has 0 radical (unpaired) electrons. The number of aliphatic hydroxyl groups is 2. The summed E-state index contributed by atoms with van der Waals surface area (Å²) in [5.74, 6) is -0.0641. The molecule has 0 aromatic rings. The molecule has 0 aromatic carbocycles. The molecule has 0 aliphatic heterocycles. The number of rotatable bonds is 45. The highest BCUT2D eigenvalue weighted by Crippen LogP contribution is 2.16. The number of unbranched alkanes of at least 4 members (excludes halogenated alkanes) is 34. The maximum Gasteiger partial charge on any atom is 0.220 e. The summed E-state index contributed by atoms with van der Waals surface area (Å²) < 4.78 is 0. The summed E-state index contributed by atoms with van der Waals surface area (Å²) in [4.78, 5) is 12.4. The molecule has 0 saturated heterocycles. The number of hydrogen-bond donors (Lipinski definition) is 3. The fourth-order valence-corrected chi connectivity index (χ4v) is 7.56. The molecule has 324 valence electrons. The second-order valence-electron chi connectivity index (χ2n) is 16.9. The zero-order valence-corrected chi connectivity index (χ0v) is 37.2. The molecule has 3 N–H and O–H groups in total. The number of carbonyl (C=O) groups excluding carboxylic acids is 1. The summed E-state index contributed by atoms with van der Waals surface area (Å²) in [5, 5.41) is 23.1. The van der Waals surface area contributed by atoms with Crippen molar-refractivity contribution in [1.29, 1.82) is 0 Å². The molecule has 4 heteroatoms. The van der Waals surface area contributed by atoms with Crippen molar-refractivity contribution in [2.24, 2.45) is 0 Å². The van der Waals surface area contributed by atoms with Crippen LogP contribution in [0, 0.1) is 0 Å². The van der Waals surface area contributed by atoms with Crippen molar-refractivity contribution in [2.45, 2.75) is 276 Å². The summed E-state index contributed by atoms with van der Waals surface area (Å²) in [7, 11) is 0. The Labute approximate surface area is 344 Å². The largest absolute Gasteiger partial charge is 0.394 e. The van der Waals surface area contributed by atoms with Crippen molar-refractivity contribution in [3.05, 3.63) is 36.5 Å². The van der Waals surface area contributed by atoms with Gasteiger partial charge in [0.25, 0.3) is 0 Å². The van der Waals surface area contributed by atoms with Crippen LogP contribution < -0.4 is 5.32 Å². The highest BCUT2D eigenvalue weighted by Gasteiger charge is 2.18. The van der Waals surface area contributed by atoms with E-state index in [1.165, 1.54) is 212 Å². The van der Waals surface area contributed by atoms with Crippen LogP contribution in [0.5, 0.6) is 0 Å². The Bertz CT molecular complexity index is 836. The maximum atomic E-state index is 12.4. The lowest BCUT2D eigenvalue weighted by Crippen LogP contribution is -2.45. The van der Waals surface area contributed by atoms with Gasteiger partial charge in [-0.05, 0) is 51.4 Å². The van der Waals surface area contributed by atoms with E-state index in [4.69, 9.17) is 0 Å². The molecule has 4 nitrogen and oxygen atoms in total. The van der Waals surface area contributed by atoms with E-state index in [-0.39, 0.29) is 12.5 Å².